The van der Waals surface area contributed by atoms with E-state index < -0.39 is 37.3 Å². The van der Waals surface area contributed by atoms with Gasteiger partial charge in [0.15, 0.2) is 11.5 Å². The zero-order chi connectivity index (χ0) is 15.2. The van der Waals surface area contributed by atoms with E-state index in [2.05, 4.69) is 15.0 Å². The molecule has 4 atom stereocenters. The third-order valence-electron chi connectivity index (χ3n) is 3.66. The van der Waals surface area contributed by atoms with E-state index in [-0.39, 0.29) is 17.0 Å². The lowest BCUT2D eigenvalue weighted by Crippen LogP contribution is -2.47. The number of aliphatic hydroxyl groups is 3. The molecule has 2 aromatic heterocycles. The molecule has 1 fully saturated rings. The number of rotatable bonds is 3. The lowest BCUT2D eigenvalue weighted by atomic mass is 10.0. The van der Waals surface area contributed by atoms with Crippen LogP contribution >= 0.6 is 0 Å². The first-order valence-electron chi connectivity index (χ1n) is 6.20. The van der Waals surface area contributed by atoms with Gasteiger partial charge < -0.3 is 25.8 Å². The van der Waals surface area contributed by atoms with Crippen molar-refractivity contribution < 1.29 is 24.4 Å². The summed E-state index contributed by atoms with van der Waals surface area (Å²) in [4.78, 5) is 11.7. The molecule has 2 aromatic rings. The number of anilines is 1. The highest BCUT2D eigenvalue weighted by atomic mass is 19.1. The second kappa shape index (κ2) is 4.84. The molecule has 0 spiro atoms. The van der Waals surface area contributed by atoms with Gasteiger partial charge in [-0.3, -0.25) is 4.57 Å². The molecule has 0 bridgehead atoms. The second-order valence-electron chi connectivity index (χ2n) is 4.80. The lowest BCUT2D eigenvalue weighted by molar-refractivity contribution is -0.156. The zero-order valence-electron chi connectivity index (χ0n) is 10.8. The van der Waals surface area contributed by atoms with Crippen LogP contribution < -0.4 is 5.73 Å². The van der Waals surface area contributed by atoms with Gasteiger partial charge in [-0.05, 0) is 0 Å². The van der Waals surface area contributed by atoms with Crippen molar-refractivity contribution in [2.45, 2.75) is 24.0 Å². The Labute approximate surface area is 117 Å². The van der Waals surface area contributed by atoms with E-state index in [4.69, 9.17) is 15.6 Å². The third kappa shape index (κ3) is 1.80. The van der Waals surface area contributed by atoms with Crippen molar-refractivity contribution in [2.75, 3.05) is 19.0 Å². The Morgan fingerprint density at radius 2 is 2.14 bits per heavy atom. The normalized spacial score (nSPS) is 32.9. The average Bonchev–Trinajstić information content (AvgIpc) is 3.03. The van der Waals surface area contributed by atoms with Crippen LogP contribution in [-0.4, -0.2) is 66.4 Å². The molecule has 1 saturated heterocycles. The van der Waals surface area contributed by atoms with Crippen molar-refractivity contribution in [3.63, 3.8) is 0 Å². The largest absolute Gasteiger partial charge is 0.394 e. The minimum absolute atomic E-state index is 0.0968. The highest BCUT2D eigenvalue weighted by molar-refractivity contribution is 5.81. The maximum absolute atomic E-state index is 13.7. The van der Waals surface area contributed by atoms with Crippen molar-refractivity contribution in [1.82, 2.24) is 19.5 Å². The molecule has 3 rings (SSSR count). The van der Waals surface area contributed by atoms with Gasteiger partial charge in [0.1, 0.15) is 36.8 Å². The van der Waals surface area contributed by atoms with Crippen molar-refractivity contribution in [2.24, 2.45) is 0 Å². The van der Waals surface area contributed by atoms with Gasteiger partial charge in [0.2, 0.25) is 5.72 Å². The Morgan fingerprint density at radius 1 is 1.38 bits per heavy atom. The van der Waals surface area contributed by atoms with Crippen LogP contribution in [0, 0.1) is 0 Å². The topological polar surface area (TPSA) is 140 Å². The van der Waals surface area contributed by atoms with Crippen LogP contribution in [0.5, 0.6) is 0 Å². The molecule has 10 heteroatoms. The first-order valence-corrected chi connectivity index (χ1v) is 6.20. The summed E-state index contributed by atoms with van der Waals surface area (Å²) in [5, 5.41) is 29.2. The van der Waals surface area contributed by atoms with Gasteiger partial charge in [-0.2, -0.15) is 0 Å². The molecule has 0 unspecified atom stereocenters. The number of nitrogen functional groups attached to an aromatic ring is 1. The predicted molar refractivity (Wildman–Crippen MR) is 67.7 cm³/mol. The first kappa shape index (κ1) is 14.1. The van der Waals surface area contributed by atoms with E-state index in [0.717, 1.165) is 4.57 Å². The molecule has 5 N–H and O–H groups in total. The summed E-state index contributed by atoms with van der Waals surface area (Å²) < 4.78 is 20.2. The Morgan fingerprint density at radius 3 is 2.76 bits per heavy atom. The smallest absolute Gasteiger partial charge is 0.205 e. The van der Waals surface area contributed by atoms with E-state index in [1.807, 2.05) is 0 Å². The van der Waals surface area contributed by atoms with Gasteiger partial charge in [0, 0.05) is 0 Å². The fraction of sp³-hybridized carbons (Fsp3) is 0.545. The number of aromatic nitrogens is 4. The summed E-state index contributed by atoms with van der Waals surface area (Å²) in [5.41, 5.74) is 4.11. The number of imidazole rings is 1. The van der Waals surface area contributed by atoms with Crippen molar-refractivity contribution in [3.05, 3.63) is 12.7 Å². The summed E-state index contributed by atoms with van der Waals surface area (Å²) in [5.74, 6) is 0.0968. The van der Waals surface area contributed by atoms with E-state index in [0.29, 0.717) is 0 Å². The van der Waals surface area contributed by atoms with Gasteiger partial charge in [0.25, 0.3) is 0 Å². The highest BCUT2D eigenvalue weighted by Crippen LogP contribution is 2.38. The first-order chi connectivity index (χ1) is 10.0. The number of fused-ring (bicyclic) bond motifs is 1. The Kier molecular flexibility index (Phi) is 3.24. The third-order valence-corrected chi connectivity index (χ3v) is 3.66. The van der Waals surface area contributed by atoms with Crippen LogP contribution in [0.2, 0.25) is 0 Å². The summed E-state index contributed by atoms with van der Waals surface area (Å²) in [6, 6.07) is 0. The van der Waals surface area contributed by atoms with E-state index in [1.54, 1.807) is 0 Å². The number of ether oxygens (including phenoxy) is 1. The highest BCUT2D eigenvalue weighted by Gasteiger charge is 2.56. The molecule has 114 valence electrons. The molecular weight excluding hydrogens is 285 g/mol. The molecule has 21 heavy (non-hydrogen) atoms. The maximum atomic E-state index is 13.7. The van der Waals surface area contributed by atoms with E-state index in [1.165, 1.54) is 12.7 Å². The quantitative estimate of drug-likeness (QED) is 0.517. The molecule has 9 nitrogen and oxygen atoms in total. The van der Waals surface area contributed by atoms with Crippen LogP contribution in [0.3, 0.4) is 0 Å². The Balaban J connectivity index is 2.17. The molecular formula is C11H14FN5O4. The lowest BCUT2D eigenvalue weighted by Gasteiger charge is -2.30. The SMILES string of the molecule is Nc1ncnc2c1ncn2[C@@]1(CF)O[C@H](CO)[C@@H](O)[C@H]1O. The molecule has 0 radical (unpaired) electrons. The monoisotopic (exact) mass is 299 g/mol. The van der Waals surface area contributed by atoms with Crippen molar-refractivity contribution in [1.29, 1.82) is 0 Å². The summed E-state index contributed by atoms with van der Waals surface area (Å²) in [7, 11) is 0. The molecule has 1 aliphatic heterocycles. The van der Waals surface area contributed by atoms with Gasteiger partial charge in [-0.25, -0.2) is 19.3 Å². The molecule has 1 aliphatic rings. The van der Waals surface area contributed by atoms with E-state index in [9.17, 15) is 14.6 Å². The fourth-order valence-electron chi connectivity index (χ4n) is 2.52. The fourth-order valence-corrected chi connectivity index (χ4v) is 2.52. The van der Waals surface area contributed by atoms with Gasteiger partial charge in [0.05, 0.1) is 12.9 Å². The van der Waals surface area contributed by atoms with Gasteiger partial charge in [-0.15, -0.1) is 0 Å². The van der Waals surface area contributed by atoms with Gasteiger partial charge in [-0.1, -0.05) is 0 Å². The second-order valence-corrected chi connectivity index (χ2v) is 4.80. The number of nitrogens with zero attached hydrogens (tertiary/aromatic N) is 4. The maximum Gasteiger partial charge on any atom is 0.205 e. The summed E-state index contributed by atoms with van der Waals surface area (Å²) in [6.07, 6.45) is -1.79. The number of hydrogen-bond acceptors (Lipinski definition) is 8. The number of alkyl halides is 1. The Bertz CT molecular complexity index is 667. The number of hydrogen-bond donors (Lipinski definition) is 4. The minimum Gasteiger partial charge on any atom is -0.394 e. The molecule has 3 heterocycles. The molecule has 0 amide bonds. The average molecular weight is 299 g/mol. The molecule has 0 aliphatic carbocycles. The minimum atomic E-state index is -1.93. The van der Waals surface area contributed by atoms with Crippen LogP contribution in [0.1, 0.15) is 0 Å². The molecule has 0 saturated carbocycles. The van der Waals surface area contributed by atoms with Crippen LogP contribution in [0.25, 0.3) is 11.2 Å². The van der Waals surface area contributed by atoms with Crippen molar-refractivity contribution >= 4 is 17.0 Å². The van der Waals surface area contributed by atoms with Crippen LogP contribution in [0.15, 0.2) is 12.7 Å². The Hall–Kier alpha value is -1.88. The van der Waals surface area contributed by atoms with Gasteiger partial charge >= 0.3 is 0 Å². The van der Waals surface area contributed by atoms with Crippen LogP contribution in [-0.2, 0) is 10.5 Å². The standard InChI is InChI=1S/C11H14FN5O4/c12-2-11(8(20)7(19)5(1-18)21-11)17-4-16-6-9(13)14-3-15-10(6)17/h3-5,7-8,18-20H,1-2H2,(H2,13,14,15)/t5-,7-,8-,11+/m1/s1. The summed E-state index contributed by atoms with van der Waals surface area (Å²) in [6.45, 7) is -1.72. The van der Waals surface area contributed by atoms with Crippen molar-refractivity contribution in [3.8, 4) is 0 Å². The number of aliphatic hydroxyl groups excluding tert-OH is 3. The number of nitrogens with two attached hydrogens (primary N) is 1. The zero-order valence-corrected chi connectivity index (χ0v) is 10.8. The predicted octanol–water partition coefficient (Wildman–Crippen LogP) is -1.86. The van der Waals surface area contributed by atoms with E-state index >= 15 is 0 Å². The summed E-state index contributed by atoms with van der Waals surface area (Å²) >= 11 is 0. The van der Waals surface area contributed by atoms with Crippen LogP contribution in [0.4, 0.5) is 10.2 Å². The number of halogens is 1. The molecule has 0 aromatic carbocycles.